The van der Waals surface area contributed by atoms with E-state index < -0.39 is 5.82 Å². The molecular weight excluding hydrogens is 421 g/mol. The topological polar surface area (TPSA) is 107 Å². The van der Waals surface area contributed by atoms with E-state index in [1.807, 2.05) is 16.8 Å². The molecule has 5 rings (SSSR count). The lowest BCUT2D eigenvalue weighted by Crippen LogP contribution is -2.19. The van der Waals surface area contributed by atoms with Crippen molar-refractivity contribution in [3.63, 3.8) is 0 Å². The van der Waals surface area contributed by atoms with E-state index in [1.165, 1.54) is 30.1 Å². The molecule has 4 aromatic rings. The molecule has 8 heteroatoms. The summed E-state index contributed by atoms with van der Waals surface area (Å²) in [5.74, 6) is -0.600. The average molecular weight is 443 g/mol. The van der Waals surface area contributed by atoms with Crippen LogP contribution in [-0.2, 0) is 17.6 Å². The maximum absolute atomic E-state index is 14.1. The van der Waals surface area contributed by atoms with Gasteiger partial charge in [-0.2, -0.15) is 5.10 Å². The third kappa shape index (κ3) is 3.73. The fraction of sp³-hybridized carbons (Fsp3) is 0.200. The number of fused-ring (bicyclic) bond motifs is 2. The van der Waals surface area contributed by atoms with Crippen molar-refractivity contribution < 1.29 is 14.3 Å². The van der Waals surface area contributed by atoms with E-state index >= 15 is 0 Å². The van der Waals surface area contributed by atoms with Crippen molar-refractivity contribution >= 4 is 22.6 Å². The molecule has 166 valence electrons. The zero-order valence-corrected chi connectivity index (χ0v) is 17.8. The first-order valence-corrected chi connectivity index (χ1v) is 10.7. The van der Waals surface area contributed by atoms with Gasteiger partial charge in [-0.3, -0.25) is 4.79 Å². The molecule has 0 aliphatic heterocycles. The highest BCUT2D eigenvalue weighted by Crippen LogP contribution is 2.39. The Morgan fingerprint density at radius 3 is 2.91 bits per heavy atom. The predicted octanol–water partition coefficient (Wildman–Crippen LogP) is 4.14. The van der Waals surface area contributed by atoms with Crippen LogP contribution in [0.5, 0.6) is 5.75 Å². The van der Waals surface area contributed by atoms with Crippen LogP contribution in [0, 0.1) is 5.82 Å². The number of aryl methyl sites for hydroxylation is 1. The number of hydrogen-bond acceptors (Lipinski definition) is 6. The SMILES string of the molecule is C=CC(=O)Cc1ccc2c(c1)C(n1nc(-c3cc(O)cc(F)c3)c3c(N)ncnc31)CCC2. The van der Waals surface area contributed by atoms with E-state index in [0.29, 0.717) is 22.3 Å². The predicted molar refractivity (Wildman–Crippen MR) is 123 cm³/mol. The van der Waals surface area contributed by atoms with Crippen LogP contribution < -0.4 is 5.73 Å². The molecule has 7 nitrogen and oxygen atoms in total. The van der Waals surface area contributed by atoms with Crippen LogP contribution in [0.4, 0.5) is 10.2 Å². The zero-order chi connectivity index (χ0) is 23.1. The minimum absolute atomic E-state index is 0.0411. The molecule has 0 bridgehead atoms. The van der Waals surface area contributed by atoms with Gasteiger partial charge in [-0.1, -0.05) is 24.8 Å². The Balaban J connectivity index is 1.69. The second kappa shape index (κ2) is 8.12. The molecule has 1 atom stereocenters. The van der Waals surface area contributed by atoms with E-state index in [9.17, 15) is 14.3 Å². The number of aromatic hydroxyl groups is 1. The first-order chi connectivity index (χ1) is 15.9. The van der Waals surface area contributed by atoms with Crippen molar-refractivity contribution in [2.24, 2.45) is 0 Å². The summed E-state index contributed by atoms with van der Waals surface area (Å²) < 4.78 is 15.9. The Hall–Kier alpha value is -4.07. The summed E-state index contributed by atoms with van der Waals surface area (Å²) in [4.78, 5) is 20.5. The van der Waals surface area contributed by atoms with Crippen LogP contribution in [-0.4, -0.2) is 30.6 Å². The molecule has 0 saturated carbocycles. The molecule has 1 aliphatic carbocycles. The summed E-state index contributed by atoms with van der Waals surface area (Å²) in [6.07, 6.45) is 5.71. The van der Waals surface area contributed by atoms with Crippen molar-refractivity contribution in [1.29, 1.82) is 0 Å². The minimum atomic E-state index is -0.581. The van der Waals surface area contributed by atoms with E-state index in [0.717, 1.165) is 36.5 Å². The molecule has 1 unspecified atom stereocenters. The summed E-state index contributed by atoms with van der Waals surface area (Å²) in [5.41, 5.74) is 10.7. The molecule has 2 heterocycles. The second-order valence-corrected chi connectivity index (χ2v) is 8.24. The number of benzene rings is 2. The fourth-order valence-corrected chi connectivity index (χ4v) is 4.59. The van der Waals surface area contributed by atoms with Gasteiger partial charge in [-0.05, 0) is 54.2 Å². The number of rotatable bonds is 5. The summed E-state index contributed by atoms with van der Waals surface area (Å²) in [6.45, 7) is 3.56. The fourth-order valence-electron chi connectivity index (χ4n) is 4.59. The molecule has 2 aromatic carbocycles. The number of carbonyl (C=O) groups is 1. The van der Waals surface area contributed by atoms with Crippen LogP contribution in [0.15, 0.2) is 55.4 Å². The molecular formula is C25H22FN5O2. The highest BCUT2D eigenvalue weighted by molar-refractivity contribution is 5.98. The van der Waals surface area contributed by atoms with Gasteiger partial charge in [-0.25, -0.2) is 19.0 Å². The number of nitrogen functional groups attached to an aromatic ring is 1. The standard InChI is InChI=1S/C25H22FN5O2/c1-2-18(32)8-14-6-7-15-4-3-5-21(20(15)9-14)31-25-22(24(27)28-13-29-25)23(30-31)16-10-17(26)12-19(33)11-16/h2,6-7,9-13,21,33H,1,3-5,8H2,(H2,27,28,29). The number of hydrogen-bond donors (Lipinski definition) is 2. The molecule has 0 fully saturated rings. The lowest BCUT2D eigenvalue weighted by atomic mass is 9.86. The number of phenolic OH excluding ortho intramolecular Hbond substituents is 1. The smallest absolute Gasteiger partial charge is 0.164 e. The van der Waals surface area contributed by atoms with Crippen LogP contribution in [0.1, 0.15) is 35.6 Å². The van der Waals surface area contributed by atoms with Crippen LogP contribution in [0.2, 0.25) is 0 Å². The first-order valence-electron chi connectivity index (χ1n) is 10.7. The Morgan fingerprint density at radius 1 is 1.27 bits per heavy atom. The van der Waals surface area contributed by atoms with Crippen molar-refractivity contribution in [2.75, 3.05) is 5.73 Å². The van der Waals surface area contributed by atoms with Gasteiger partial charge in [0.1, 0.15) is 29.4 Å². The van der Waals surface area contributed by atoms with Gasteiger partial charge >= 0.3 is 0 Å². The first kappa shape index (κ1) is 20.8. The Morgan fingerprint density at radius 2 is 2.12 bits per heavy atom. The van der Waals surface area contributed by atoms with Crippen LogP contribution in [0.3, 0.4) is 0 Å². The molecule has 1 aliphatic rings. The summed E-state index contributed by atoms with van der Waals surface area (Å²) in [7, 11) is 0. The third-order valence-corrected chi connectivity index (χ3v) is 6.07. The quantitative estimate of drug-likeness (QED) is 0.449. The van der Waals surface area contributed by atoms with E-state index in [-0.39, 0.29) is 29.8 Å². The highest BCUT2D eigenvalue weighted by atomic mass is 19.1. The Kier molecular flexibility index (Phi) is 5.12. The number of allylic oxidation sites excluding steroid dienone is 1. The van der Waals surface area contributed by atoms with Crippen molar-refractivity contribution in [3.8, 4) is 17.0 Å². The second-order valence-electron chi connectivity index (χ2n) is 8.24. The van der Waals surface area contributed by atoms with E-state index in [4.69, 9.17) is 10.8 Å². The average Bonchev–Trinajstić information content (AvgIpc) is 3.19. The molecule has 0 spiro atoms. The van der Waals surface area contributed by atoms with Gasteiger partial charge in [0.25, 0.3) is 0 Å². The van der Waals surface area contributed by atoms with Gasteiger partial charge in [0, 0.05) is 18.1 Å². The monoisotopic (exact) mass is 443 g/mol. The van der Waals surface area contributed by atoms with Crippen LogP contribution >= 0.6 is 0 Å². The summed E-state index contributed by atoms with van der Waals surface area (Å²) in [6, 6.07) is 9.72. The van der Waals surface area contributed by atoms with Crippen molar-refractivity contribution in [2.45, 2.75) is 31.7 Å². The van der Waals surface area contributed by atoms with E-state index in [2.05, 4.69) is 22.6 Å². The number of anilines is 1. The molecule has 0 radical (unpaired) electrons. The maximum atomic E-state index is 14.1. The largest absolute Gasteiger partial charge is 0.508 e. The maximum Gasteiger partial charge on any atom is 0.164 e. The molecule has 33 heavy (non-hydrogen) atoms. The zero-order valence-electron chi connectivity index (χ0n) is 17.8. The van der Waals surface area contributed by atoms with Crippen LogP contribution in [0.25, 0.3) is 22.3 Å². The number of carbonyl (C=O) groups excluding carboxylic acids is 1. The third-order valence-electron chi connectivity index (χ3n) is 6.07. The number of aromatic nitrogens is 4. The number of ketones is 1. The lowest BCUT2D eigenvalue weighted by Gasteiger charge is -2.26. The molecule has 0 amide bonds. The van der Waals surface area contributed by atoms with Gasteiger partial charge in [0.2, 0.25) is 0 Å². The van der Waals surface area contributed by atoms with Gasteiger partial charge < -0.3 is 10.8 Å². The molecule has 0 saturated heterocycles. The Labute approximate surface area is 189 Å². The van der Waals surface area contributed by atoms with Gasteiger partial charge in [-0.15, -0.1) is 0 Å². The lowest BCUT2D eigenvalue weighted by molar-refractivity contribution is -0.114. The summed E-state index contributed by atoms with van der Waals surface area (Å²) in [5, 5.41) is 15.2. The van der Waals surface area contributed by atoms with Gasteiger partial charge in [0.15, 0.2) is 11.4 Å². The number of nitrogens with two attached hydrogens (primary N) is 1. The Bertz CT molecular complexity index is 1390. The summed E-state index contributed by atoms with van der Waals surface area (Å²) >= 11 is 0. The minimum Gasteiger partial charge on any atom is -0.508 e. The number of halogens is 1. The number of phenols is 1. The molecule has 3 N–H and O–H groups in total. The van der Waals surface area contributed by atoms with Gasteiger partial charge in [0.05, 0.1) is 11.4 Å². The number of nitrogens with zero attached hydrogens (tertiary/aromatic N) is 4. The van der Waals surface area contributed by atoms with Crippen molar-refractivity contribution in [1.82, 2.24) is 19.7 Å². The van der Waals surface area contributed by atoms with Crippen molar-refractivity contribution in [3.05, 3.63) is 77.9 Å². The van der Waals surface area contributed by atoms with E-state index in [1.54, 1.807) is 0 Å². The molecule has 2 aromatic heterocycles. The normalized spacial score (nSPS) is 15.4. The highest BCUT2D eigenvalue weighted by Gasteiger charge is 2.28.